The Bertz CT molecular complexity index is 670. The molecular formula is C13H18BrFN6O2S. The minimum absolute atomic E-state index is 0.0337. The molecule has 1 heterocycles. The third kappa shape index (κ3) is 5.74. The number of hydroxylamine groups is 1. The number of anilines is 1. The Kier molecular flexibility index (Phi) is 9.30. The van der Waals surface area contributed by atoms with Gasteiger partial charge in [0.05, 0.1) is 10.2 Å². The largest absolute Gasteiger partial charge is 0.364 e. The first kappa shape index (κ1) is 20.4. The maximum atomic E-state index is 13.2. The lowest BCUT2D eigenvalue weighted by molar-refractivity contribution is 0.234. The van der Waals surface area contributed by atoms with Gasteiger partial charge in [0.15, 0.2) is 11.5 Å². The van der Waals surface area contributed by atoms with Gasteiger partial charge in [0.2, 0.25) is 5.82 Å². The second-order valence-electron chi connectivity index (χ2n) is 4.05. The van der Waals surface area contributed by atoms with Crippen molar-refractivity contribution in [3.8, 4) is 0 Å². The molecule has 0 aliphatic heterocycles. The van der Waals surface area contributed by atoms with E-state index in [-0.39, 0.29) is 16.0 Å². The molecule has 0 fully saturated rings. The minimum atomic E-state index is -0.403. The molecule has 8 nitrogen and oxygen atoms in total. The average molecular weight is 421 g/mol. The highest BCUT2D eigenvalue weighted by Gasteiger charge is 2.16. The van der Waals surface area contributed by atoms with E-state index < -0.39 is 5.82 Å². The number of benzene rings is 1. The highest BCUT2D eigenvalue weighted by atomic mass is 79.9. The van der Waals surface area contributed by atoms with E-state index >= 15 is 0 Å². The second-order valence-corrected chi connectivity index (χ2v) is 5.89. The standard InChI is InChI=1S/C12H13BrFN5O2S.CH5N/c1-22-5-4-15-11-10(18-21-19-11)12(17-20)16-7-2-3-9(14)8(13)6-7;1-2/h2-3,6,20H,4-5H2,1H3,(H,15,19)(H,16,17);2H2,1H3. The van der Waals surface area contributed by atoms with Crippen LogP contribution in [0, 0.1) is 5.82 Å². The molecule has 0 amide bonds. The van der Waals surface area contributed by atoms with Crippen LogP contribution in [0.5, 0.6) is 0 Å². The number of nitrogens with one attached hydrogen (secondary N) is 2. The molecule has 0 radical (unpaired) electrons. The van der Waals surface area contributed by atoms with Crippen molar-refractivity contribution < 1.29 is 14.2 Å². The molecule has 2 rings (SSSR count). The van der Waals surface area contributed by atoms with Gasteiger partial charge in [-0.25, -0.2) is 14.0 Å². The molecule has 0 saturated carbocycles. The Labute approximate surface area is 151 Å². The average Bonchev–Trinajstić information content (AvgIpc) is 3.06. The van der Waals surface area contributed by atoms with Gasteiger partial charge in [-0.05, 0) is 57.7 Å². The number of aromatic nitrogens is 2. The zero-order chi connectivity index (χ0) is 17.9. The molecule has 1 aromatic heterocycles. The molecule has 0 unspecified atom stereocenters. The molecule has 5 N–H and O–H groups in total. The SMILES string of the molecule is CN.CSCCNc1nonc1C(=Nc1ccc(F)c(Br)c1)NO. The molecule has 2 aromatic rings. The number of halogens is 2. The van der Waals surface area contributed by atoms with Crippen LogP contribution in [0.3, 0.4) is 0 Å². The molecule has 1 aromatic carbocycles. The highest BCUT2D eigenvalue weighted by molar-refractivity contribution is 9.10. The molecule has 0 spiro atoms. The Morgan fingerprint density at radius 1 is 1.46 bits per heavy atom. The maximum Gasteiger partial charge on any atom is 0.202 e. The van der Waals surface area contributed by atoms with Gasteiger partial charge < -0.3 is 11.1 Å². The Balaban J connectivity index is 0.00000139. The molecule has 0 bridgehead atoms. The second kappa shape index (κ2) is 11.0. The number of nitrogens with zero attached hydrogens (tertiary/aromatic N) is 3. The van der Waals surface area contributed by atoms with Crippen LogP contribution >= 0.6 is 27.7 Å². The molecule has 0 aliphatic carbocycles. The molecule has 132 valence electrons. The van der Waals surface area contributed by atoms with Crippen LogP contribution in [0.25, 0.3) is 0 Å². The predicted octanol–water partition coefficient (Wildman–Crippen LogP) is 2.38. The maximum absolute atomic E-state index is 13.2. The number of amidine groups is 1. The van der Waals surface area contributed by atoms with Crippen molar-refractivity contribution in [2.24, 2.45) is 10.7 Å². The number of aliphatic imine (C=N–C) groups is 1. The van der Waals surface area contributed by atoms with Gasteiger partial charge in [0.1, 0.15) is 5.82 Å². The topological polar surface area (TPSA) is 122 Å². The van der Waals surface area contributed by atoms with Crippen LogP contribution in [0.4, 0.5) is 15.9 Å². The van der Waals surface area contributed by atoms with Crippen molar-refractivity contribution in [3.05, 3.63) is 34.2 Å². The lowest BCUT2D eigenvalue weighted by Gasteiger charge is -2.05. The highest BCUT2D eigenvalue weighted by Crippen LogP contribution is 2.23. The molecule has 0 saturated heterocycles. The summed E-state index contributed by atoms with van der Waals surface area (Å²) in [7, 11) is 1.50. The first-order valence-electron chi connectivity index (χ1n) is 6.73. The van der Waals surface area contributed by atoms with E-state index in [1.54, 1.807) is 11.8 Å². The molecule has 0 aliphatic rings. The quantitative estimate of drug-likeness (QED) is 0.243. The summed E-state index contributed by atoms with van der Waals surface area (Å²) < 4.78 is 18.2. The van der Waals surface area contributed by atoms with Crippen LogP contribution in [0.1, 0.15) is 5.69 Å². The van der Waals surface area contributed by atoms with Gasteiger partial charge in [-0.2, -0.15) is 11.8 Å². The minimum Gasteiger partial charge on any atom is -0.364 e. The van der Waals surface area contributed by atoms with Crippen LogP contribution in [-0.4, -0.2) is 47.0 Å². The van der Waals surface area contributed by atoms with E-state index in [2.05, 4.69) is 46.9 Å². The summed E-state index contributed by atoms with van der Waals surface area (Å²) in [6.07, 6.45) is 1.98. The van der Waals surface area contributed by atoms with Gasteiger partial charge in [-0.1, -0.05) is 0 Å². The lowest BCUT2D eigenvalue weighted by atomic mass is 10.3. The number of hydrogen-bond donors (Lipinski definition) is 4. The number of rotatable bonds is 6. The summed E-state index contributed by atoms with van der Waals surface area (Å²) in [6.45, 7) is 0.656. The molecular weight excluding hydrogens is 403 g/mol. The van der Waals surface area contributed by atoms with Gasteiger partial charge in [0, 0.05) is 12.3 Å². The van der Waals surface area contributed by atoms with Crippen molar-refractivity contribution in [1.82, 2.24) is 15.8 Å². The predicted molar refractivity (Wildman–Crippen MR) is 96.5 cm³/mol. The summed E-state index contributed by atoms with van der Waals surface area (Å²) in [5.74, 6) is 0.859. The molecule has 0 atom stereocenters. The van der Waals surface area contributed by atoms with Gasteiger partial charge in [-0.15, -0.1) is 0 Å². The lowest BCUT2D eigenvalue weighted by Crippen LogP contribution is -2.22. The van der Waals surface area contributed by atoms with Crippen LogP contribution in [-0.2, 0) is 0 Å². The first-order valence-corrected chi connectivity index (χ1v) is 8.91. The Morgan fingerprint density at radius 2 is 2.21 bits per heavy atom. The monoisotopic (exact) mass is 420 g/mol. The third-order valence-electron chi connectivity index (χ3n) is 2.56. The fraction of sp³-hybridized carbons (Fsp3) is 0.308. The zero-order valence-corrected chi connectivity index (χ0v) is 15.5. The van der Waals surface area contributed by atoms with Crippen LogP contribution in [0.2, 0.25) is 0 Å². The Morgan fingerprint density at radius 3 is 2.83 bits per heavy atom. The van der Waals surface area contributed by atoms with Crippen molar-refractivity contribution in [1.29, 1.82) is 0 Å². The third-order valence-corrected chi connectivity index (χ3v) is 3.78. The molecule has 11 heteroatoms. The summed E-state index contributed by atoms with van der Waals surface area (Å²) in [5, 5.41) is 19.7. The number of hydrogen-bond acceptors (Lipinski definition) is 8. The van der Waals surface area contributed by atoms with Crippen molar-refractivity contribution >= 4 is 45.0 Å². The summed E-state index contributed by atoms with van der Waals surface area (Å²) in [4.78, 5) is 4.16. The smallest absolute Gasteiger partial charge is 0.202 e. The Hall–Kier alpha value is -1.69. The zero-order valence-electron chi connectivity index (χ0n) is 13.1. The summed E-state index contributed by atoms with van der Waals surface area (Å²) in [5.41, 5.74) is 7.10. The van der Waals surface area contributed by atoms with E-state index in [1.807, 2.05) is 11.7 Å². The van der Waals surface area contributed by atoms with Gasteiger partial charge >= 0.3 is 0 Å². The fourth-order valence-corrected chi connectivity index (χ4v) is 2.22. The normalized spacial score (nSPS) is 10.8. The van der Waals surface area contributed by atoms with Crippen LogP contribution in [0.15, 0.2) is 32.3 Å². The first-order chi connectivity index (χ1) is 11.7. The van der Waals surface area contributed by atoms with E-state index in [0.717, 1.165) is 5.75 Å². The molecule has 24 heavy (non-hydrogen) atoms. The van der Waals surface area contributed by atoms with E-state index in [9.17, 15) is 9.60 Å². The van der Waals surface area contributed by atoms with Crippen molar-refractivity contribution in [2.75, 3.05) is 30.9 Å². The number of nitrogens with two attached hydrogens (primary N) is 1. The van der Waals surface area contributed by atoms with Crippen LogP contribution < -0.4 is 16.5 Å². The van der Waals surface area contributed by atoms with E-state index in [1.165, 1.54) is 25.2 Å². The fourth-order valence-electron chi connectivity index (χ4n) is 1.55. The van der Waals surface area contributed by atoms with E-state index in [0.29, 0.717) is 18.1 Å². The van der Waals surface area contributed by atoms with Crippen molar-refractivity contribution in [2.45, 2.75) is 0 Å². The summed E-state index contributed by atoms with van der Waals surface area (Å²) in [6, 6.07) is 4.20. The van der Waals surface area contributed by atoms with Gasteiger partial charge in [-0.3, -0.25) is 10.7 Å². The van der Waals surface area contributed by atoms with E-state index in [4.69, 9.17) is 0 Å². The number of thioether (sulfide) groups is 1. The summed E-state index contributed by atoms with van der Waals surface area (Å²) >= 11 is 4.75. The van der Waals surface area contributed by atoms with Gasteiger partial charge in [0.25, 0.3) is 0 Å². The van der Waals surface area contributed by atoms with Crippen molar-refractivity contribution in [3.63, 3.8) is 0 Å².